The summed E-state index contributed by atoms with van der Waals surface area (Å²) in [6.07, 6.45) is 2.56. The van der Waals surface area contributed by atoms with Gasteiger partial charge >= 0.3 is 0 Å². The van der Waals surface area contributed by atoms with E-state index in [2.05, 4.69) is 10.2 Å². The summed E-state index contributed by atoms with van der Waals surface area (Å²) in [4.78, 5) is 15.1. The first kappa shape index (κ1) is 20.4. The van der Waals surface area contributed by atoms with Crippen LogP contribution in [0.5, 0.6) is 17.2 Å². The highest BCUT2D eigenvalue weighted by atomic mass is 16.7. The molecule has 0 radical (unpaired) electrons. The standard InChI is InChI=1S/C26H26N2O4/c29-26(21-8-6-19(7-9-21)16-28-12-1-2-13-28)27-22-5-3-4-20(14-22)17-30-23-10-11-24-25(15-23)32-18-31-24/h3-11,14-15H,1-2,12-13,16-18H2,(H,27,29). The van der Waals surface area contributed by atoms with E-state index < -0.39 is 0 Å². The number of likely N-dealkylation sites (tertiary alicyclic amines) is 1. The van der Waals surface area contributed by atoms with Crippen LogP contribution in [0.3, 0.4) is 0 Å². The molecule has 1 fully saturated rings. The van der Waals surface area contributed by atoms with Gasteiger partial charge in [0.2, 0.25) is 6.79 Å². The van der Waals surface area contributed by atoms with Crippen molar-refractivity contribution in [2.45, 2.75) is 26.0 Å². The predicted octanol–water partition coefficient (Wildman–Crippen LogP) is 4.84. The molecule has 0 bridgehead atoms. The second-order valence-electron chi connectivity index (χ2n) is 8.14. The van der Waals surface area contributed by atoms with Crippen LogP contribution in [0.15, 0.2) is 66.7 Å². The number of fused-ring (bicyclic) bond motifs is 1. The minimum atomic E-state index is -0.119. The van der Waals surface area contributed by atoms with Gasteiger partial charge in [0, 0.05) is 23.9 Å². The summed E-state index contributed by atoms with van der Waals surface area (Å²) in [5.74, 6) is 2.00. The molecule has 2 heterocycles. The van der Waals surface area contributed by atoms with Gasteiger partial charge in [0.25, 0.3) is 5.91 Å². The second-order valence-corrected chi connectivity index (χ2v) is 8.14. The quantitative estimate of drug-likeness (QED) is 0.581. The third-order valence-electron chi connectivity index (χ3n) is 5.76. The van der Waals surface area contributed by atoms with Gasteiger partial charge in [-0.05, 0) is 73.5 Å². The number of benzene rings is 3. The molecule has 0 aliphatic carbocycles. The summed E-state index contributed by atoms with van der Waals surface area (Å²) in [6, 6.07) is 21.1. The Kier molecular flexibility index (Phi) is 5.94. The van der Waals surface area contributed by atoms with Crippen LogP contribution in [0.4, 0.5) is 5.69 Å². The molecule has 1 saturated heterocycles. The number of hydrogen-bond acceptors (Lipinski definition) is 5. The topological polar surface area (TPSA) is 60.0 Å². The molecule has 6 nitrogen and oxygen atoms in total. The highest BCUT2D eigenvalue weighted by Gasteiger charge is 2.14. The van der Waals surface area contributed by atoms with E-state index in [4.69, 9.17) is 14.2 Å². The maximum Gasteiger partial charge on any atom is 0.255 e. The molecule has 2 aliphatic rings. The number of carbonyl (C=O) groups excluding carboxylic acids is 1. The Morgan fingerprint density at radius 2 is 1.72 bits per heavy atom. The zero-order valence-electron chi connectivity index (χ0n) is 17.9. The molecule has 1 N–H and O–H groups in total. The average molecular weight is 431 g/mol. The zero-order chi connectivity index (χ0) is 21.8. The first-order chi connectivity index (χ1) is 15.7. The number of hydrogen-bond donors (Lipinski definition) is 1. The molecule has 6 heteroatoms. The molecule has 3 aromatic carbocycles. The van der Waals surface area contributed by atoms with E-state index in [0.29, 0.717) is 23.7 Å². The lowest BCUT2D eigenvalue weighted by Gasteiger charge is -2.14. The second kappa shape index (κ2) is 9.32. The number of nitrogens with zero attached hydrogens (tertiary/aromatic N) is 1. The van der Waals surface area contributed by atoms with Crippen LogP contribution in [0, 0.1) is 0 Å². The maximum absolute atomic E-state index is 12.7. The lowest BCUT2D eigenvalue weighted by Crippen LogP contribution is -2.18. The van der Waals surface area contributed by atoms with Gasteiger partial charge in [0.1, 0.15) is 12.4 Å². The van der Waals surface area contributed by atoms with Crippen molar-refractivity contribution in [3.05, 3.63) is 83.4 Å². The van der Waals surface area contributed by atoms with E-state index in [1.807, 2.05) is 66.7 Å². The van der Waals surface area contributed by atoms with Gasteiger partial charge in [-0.3, -0.25) is 9.69 Å². The molecule has 164 valence electrons. The van der Waals surface area contributed by atoms with Gasteiger partial charge in [0.15, 0.2) is 11.5 Å². The van der Waals surface area contributed by atoms with Crippen LogP contribution in [0.2, 0.25) is 0 Å². The maximum atomic E-state index is 12.7. The van der Waals surface area contributed by atoms with Crippen molar-refractivity contribution in [2.75, 3.05) is 25.2 Å². The molecule has 0 spiro atoms. The number of anilines is 1. The summed E-state index contributed by atoms with van der Waals surface area (Å²) in [6.45, 7) is 3.90. The summed E-state index contributed by atoms with van der Waals surface area (Å²) in [5, 5.41) is 2.98. The van der Waals surface area contributed by atoms with E-state index in [9.17, 15) is 4.79 Å². The van der Waals surface area contributed by atoms with Crippen LogP contribution in [-0.4, -0.2) is 30.7 Å². The molecule has 32 heavy (non-hydrogen) atoms. The third kappa shape index (κ3) is 4.86. The van der Waals surface area contributed by atoms with E-state index in [-0.39, 0.29) is 12.7 Å². The van der Waals surface area contributed by atoms with Crippen molar-refractivity contribution < 1.29 is 19.0 Å². The molecule has 0 unspecified atom stereocenters. The fourth-order valence-corrected chi connectivity index (χ4v) is 4.04. The lowest BCUT2D eigenvalue weighted by atomic mass is 10.1. The average Bonchev–Trinajstić information content (AvgIpc) is 3.50. The predicted molar refractivity (Wildman–Crippen MR) is 122 cm³/mol. The summed E-state index contributed by atoms with van der Waals surface area (Å²) in [7, 11) is 0. The first-order valence-electron chi connectivity index (χ1n) is 11.0. The SMILES string of the molecule is O=C(Nc1cccc(COc2ccc3c(c2)OCO3)c1)c1ccc(CN2CCCC2)cc1. The number of amides is 1. The van der Waals surface area contributed by atoms with E-state index in [1.54, 1.807) is 0 Å². The highest BCUT2D eigenvalue weighted by Crippen LogP contribution is 2.35. The summed E-state index contributed by atoms with van der Waals surface area (Å²) in [5.41, 5.74) is 3.59. The Balaban J connectivity index is 1.17. The van der Waals surface area contributed by atoms with Gasteiger partial charge in [-0.2, -0.15) is 0 Å². The van der Waals surface area contributed by atoms with Crippen molar-refractivity contribution in [3.63, 3.8) is 0 Å². The molecule has 1 amide bonds. The molecule has 0 aromatic heterocycles. The first-order valence-corrected chi connectivity index (χ1v) is 11.0. The van der Waals surface area contributed by atoms with Crippen molar-refractivity contribution in [2.24, 2.45) is 0 Å². The largest absolute Gasteiger partial charge is 0.489 e. The lowest BCUT2D eigenvalue weighted by molar-refractivity contribution is 0.102. The van der Waals surface area contributed by atoms with Crippen molar-refractivity contribution >= 4 is 11.6 Å². The molecule has 3 aromatic rings. The molecule has 5 rings (SSSR count). The molecular weight excluding hydrogens is 404 g/mol. The van der Waals surface area contributed by atoms with Gasteiger partial charge in [-0.1, -0.05) is 24.3 Å². The Morgan fingerprint density at radius 1 is 0.906 bits per heavy atom. The van der Waals surface area contributed by atoms with Crippen molar-refractivity contribution in [1.82, 2.24) is 4.90 Å². The van der Waals surface area contributed by atoms with Crippen LogP contribution in [-0.2, 0) is 13.2 Å². The summed E-state index contributed by atoms with van der Waals surface area (Å²) < 4.78 is 16.6. The Hall–Kier alpha value is -3.51. The third-order valence-corrected chi connectivity index (χ3v) is 5.76. The highest BCUT2D eigenvalue weighted by molar-refractivity contribution is 6.04. The Labute approximate surface area is 187 Å². The molecule has 0 saturated carbocycles. The van der Waals surface area contributed by atoms with Crippen LogP contribution >= 0.6 is 0 Å². The number of ether oxygens (including phenoxy) is 3. The number of carbonyl (C=O) groups is 1. The Bertz CT molecular complexity index is 1090. The van der Waals surface area contributed by atoms with E-state index in [0.717, 1.165) is 36.6 Å². The normalized spacial score (nSPS) is 15.0. The molecular formula is C26H26N2O4. The summed E-state index contributed by atoms with van der Waals surface area (Å²) >= 11 is 0. The minimum absolute atomic E-state index is 0.119. The van der Waals surface area contributed by atoms with Gasteiger partial charge in [-0.25, -0.2) is 0 Å². The fourth-order valence-electron chi connectivity index (χ4n) is 4.04. The van der Waals surface area contributed by atoms with Crippen LogP contribution < -0.4 is 19.5 Å². The van der Waals surface area contributed by atoms with Gasteiger partial charge < -0.3 is 19.5 Å². The van der Waals surface area contributed by atoms with E-state index >= 15 is 0 Å². The minimum Gasteiger partial charge on any atom is -0.489 e. The smallest absolute Gasteiger partial charge is 0.255 e. The van der Waals surface area contributed by atoms with E-state index in [1.165, 1.54) is 18.4 Å². The van der Waals surface area contributed by atoms with Crippen molar-refractivity contribution in [3.8, 4) is 17.2 Å². The number of rotatable bonds is 7. The van der Waals surface area contributed by atoms with Crippen LogP contribution in [0.1, 0.15) is 34.3 Å². The Morgan fingerprint density at radius 3 is 2.56 bits per heavy atom. The molecule has 2 aliphatic heterocycles. The van der Waals surface area contributed by atoms with Gasteiger partial charge in [-0.15, -0.1) is 0 Å². The number of nitrogens with one attached hydrogen (secondary N) is 1. The van der Waals surface area contributed by atoms with Crippen LogP contribution in [0.25, 0.3) is 0 Å². The van der Waals surface area contributed by atoms with Gasteiger partial charge in [0.05, 0.1) is 0 Å². The van der Waals surface area contributed by atoms with Crippen molar-refractivity contribution in [1.29, 1.82) is 0 Å². The zero-order valence-corrected chi connectivity index (χ0v) is 17.9. The monoisotopic (exact) mass is 430 g/mol. The molecule has 0 atom stereocenters. The fraction of sp³-hybridized carbons (Fsp3) is 0.269.